The average molecular weight is 2090 g/mol. The number of nitrogens with one attached hydrogen (secondary N) is 4. The SMILES string of the molecule is C=CC(=O)Cc1cc(N2CCC(N(C)C)CC2)ccc1Nc1cc(N(C)C(=O)Nc2c(Cl)c(OC)cc(OC)c2Cl)ncn1.CC(=O)Nc1ccc(Br)cc1[N+](=O)[O-].CC(=O)Nc1ccc(N2CCC(N(C)C)CC2)cc1[N+](=O)[O-].CN(C)C1CCCCC1.CN(C)C1CCN(c2ccc(N)c([N+](=O)[O-])c2)CC1.COc1cc(OC)c(Cl)c(N(C(=O)OC(C)(C)C)C(=O)N(C)c2cc(Cl)ncn2)c1Cl. The number of nitrogen functional groups attached to an aromatic ring is 1. The molecule has 12 rings (SSSR count). The van der Waals surface area contributed by atoms with Crippen LogP contribution in [0.4, 0.5) is 100 Å². The molecule has 4 aliphatic rings. The number of rotatable bonds is 25. The van der Waals surface area contributed by atoms with Crippen LogP contribution in [0, 0.1) is 30.3 Å². The molecule has 1 saturated carbocycles. The molecule has 754 valence electrons. The van der Waals surface area contributed by atoms with Crippen LogP contribution < -0.4 is 75.3 Å². The molecule has 0 unspecified atom stereocenters. The lowest BCUT2D eigenvalue weighted by Crippen LogP contribution is -2.47. The molecule has 6 N–H and O–H groups in total. The van der Waals surface area contributed by atoms with Gasteiger partial charge in [-0.05, 0) is 195 Å². The van der Waals surface area contributed by atoms with Crippen molar-refractivity contribution < 1.29 is 67.2 Å². The minimum absolute atomic E-state index is 0.00719. The molecule has 1 aliphatic carbocycles. The van der Waals surface area contributed by atoms with Crippen LogP contribution in [0.5, 0.6) is 23.0 Å². The van der Waals surface area contributed by atoms with Crippen LogP contribution in [-0.4, -0.2) is 258 Å². The summed E-state index contributed by atoms with van der Waals surface area (Å²) >= 11 is 34.7. The number of hydrogen-bond acceptors (Lipinski definition) is 30. The predicted octanol–water partition coefficient (Wildman–Crippen LogP) is 19.5. The number of ketones is 1. The van der Waals surface area contributed by atoms with Gasteiger partial charge in [0.1, 0.15) is 107 Å². The Balaban J connectivity index is 0.000000242. The Morgan fingerprint density at radius 3 is 1.31 bits per heavy atom. The fourth-order valence-electron chi connectivity index (χ4n) is 15.2. The van der Waals surface area contributed by atoms with E-state index < -0.39 is 38.5 Å². The molecular weight excluding hydrogens is 1970 g/mol. The summed E-state index contributed by atoms with van der Waals surface area (Å²) in [5.74, 6) is 0.941. The number of piperidine rings is 3. The van der Waals surface area contributed by atoms with Crippen molar-refractivity contribution >= 4 is 195 Å². The molecule has 4 fully saturated rings. The fourth-order valence-corrected chi connectivity index (χ4v) is 17.0. The topological polar surface area (TPSA) is 436 Å². The van der Waals surface area contributed by atoms with Gasteiger partial charge in [0.2, 0.25) is 11.8 Å². The van der Waals surface area contributed by atoms with Crippen LogP contribution >= 0.6 is 73.9 Å². The van der Waals surface area contributed by atoms with Crippen molar-refractivity contribution in [3.63, 3.8) is 0 Å². The maximum Gasteiger partial charge on any atom is 0.423 e. The number of nitro benzene ring substituents is 3. The summed E-state index contributed by atoms with van der Waals surface area (Å²) in [7, 11) is 25.5. The van der Waals surface area contributed by atoms with E-state index in [0.29, 0.717) is 44.8 Å². The van der Waals surface area contributed by atoms with E-state index in [9.17, 15) is 59.1 Å². The predicted molar refractivity (Wildman–Crippen MR) is 554 cm³/mol. The molecule has 0 radical (unpaired) electrons. The molecule has 2 aromatic heterocycles. The maximum absolute atomic E-state index is 13.4. The number of aromatic nitrogens is 4. The number of methoxy groups -OCH3 is 4. The highest BCUT2D eigenvalue weighted by Gasteiger charge is 2.38. The normalized spacial score (nSPS) is 14.0. The minimum Gasteiger partial charge on any atom is -0.495 e. The number of allylic oxidation sites excluding steroid dienone is 1. The number of ether oxygens (including phenoxy) is 5. The number of benzene rings is 6. The van der Waals surface area contributed by atoms with E-state index in [4.69, 9.17) is 87.4 Å². The first-order valence-electron chi connectivity index (χ1n) is 44.3. The smallest absolute Gasteiger partial charge is 0.423 e. The van der Waals surface area contributed by atoms with E-state index in [1.807, 2.05) is 30.3 Å². The molecule has 0 atom stereocenters. The molecule has 0 bridgehead atoms. The summed E-state index contributed by atoms with van der Waals surface area (Å²) in [6.07, 6.45) is 16.6. The highest BCUT2D eigenvalue weighted by molar-refractivity contribution is 9.10. The number of hydrogen-bond donors (Lipinski definition) is 5. The zero-order valence-electron chi connectivity index (χ0n) is 81.6. The summed E-state index contributed by atoms with van der Waals surface area (Å²) in [6, 6.07) is 27.6. The summed E-state index contributed by atoms with van der Waals surface area (Å²) in [4.78, 5) is 140. The lowest BCUT2D eigenvalue weighted by atomic mass is 9.95. The maximum atomic E-state index is 13.4. The second kappa shape index (κ2) is 54.0. The molecule has 5 heterocycles. The van der Waals surface area contributed by atoms with Gasteiger partial charge in [0.15, 0.2) is 5.78 Å². The number of halogens is 6. The number of anilines is 12. The van der Waals surface area contributed by atoms with Gasteiger partial charge in [-0.3, -0.25) is 54.5 Å². The van der Waals surface area contributed by atoms with E-state index in [-0.39, 0.29) is 124 Å². The van der Waals surface area contributed by atoms with Crippen molar-refractivity contribution in [2.75, 3.05) is 195 Å². The number of amides is 7. The number of urea groups is 2. The Bertz CT molecular complexity index is 5550. The van der Waals surface area contributed by atoms with Gasteiger partial charge >= 0.3 is 18.2 Å². The van der Waals surface area contributed by atoms with E-state index in [0.717, 1.165) is 111 Å². The van der Waals surface area contributed by atoms with Crippen LogP contribution in [0.2, 0.25) is 25.2 Å². The second-order valence-electron chi connectivity index (χ2n) is 34.5. The molecule has 6 aromatic carbocycles. The lowest BCUT2D eigenvalue weighted by Gasteiger charge is -2.36. The highest BCUT2D eigenvalue weighted by atomic mass is 79.9. The summed E-state index contributed by atoms with van der Waals surface area (Å²) in [5, 5.41) is 43.7. The Hall–Kier alpha value is -12.0. The van der Waals surface area contributed by atoms with Gasteiger partial charge < -0.3 is 85.0 Å². The standard InChI is InChI=1S/C31H37Cl2N7O4.C19H21Cl3N4O5.C15H22N4O3.C13H20N4O2.C8H7BrN2O3.C8H17N/c1-7-22(41)15-19-14-21(40-12-10-20(11-13-40)38(2)3)8-9-23(19)36-26-17-27(35-18-34-26)39(4)31(42)37-30-28(32)24(43-5)16-25(44-6)29(30)33;1-19(2,3)31-18(28)26(17(27)25(4)13-8-12(20)23-9-24-13)16-14(21)10(29-5)7-11(30-6)15(16)22;1-11(20)16-14-5-4-13(10-15(14)19(21)22)18-8-6-12(7-9-18)17(2)3;1-15(2)10-5-7-16(8-6-10)11-3-4-12(14)13(9-11)17(18)19;1-5(12)10-7-3-2-6(9)4-8(7)11(13)14;1-9(2)8-6-4-3-5-7-8/h7-9,14,16-18,20H,1,10-13,15H2,2-6H3,(H,37,42)(H,34,35,36);7-9H,1-6H3;4-5,10,12H,6-9H2,1-3H3,(H,16,20);3-4,9-10H,5-8,14H2,1-2H3;2-4H,1H3,(H,10,12);8H,3-7H2,1-2H3. The molecule has 45 heteroatoms. The molecule has 3 aliphatic heterocycles. The van der Waals surface area contributed by atoms with Gasteiger partial charge in [-0.1, -0.05) is 99.8 Å². The molecular formula is C94H124BrCl5N22O17. The van der Waals surface area contributed by atoms with Gasteiger partial charge in [-0.15, -0.1) is 0 Å². The highest BCUT2D eigenvalue weighted by Crippen LogP contribution is 2.48. The number of carbonyl (C=O) groups is 6. The monoisotopic (exact) mass is 2090 g/mol. The van der Waals surface area contributed by atoms with Crippen LogP contribution in [0.1, 0.15) is 111 Å². The van der Waals surface area contributed by atoms with Gasteiger partial charge in [-0.25, -0.2) is 34.3 Å². The zero-order chi connectivity index (χ0) is 103. The minimum atomic E-state index is -1.02. The molecule has 7 amide bonds. The fraction of sp³-hybridized carbons (Fsp3) is 0.447. The zero-order valence-corrected chi connectivity index (χ0v) is 87.0. The van der Waals surface area contributed by atoms with Gasteiger partial charge in [0.25, 0.3) is 17.1 Å². The largest absolute Gasteiger partial charge is 0.495 e. The quantitative estimate of drug-likeness (QED) is 0.0117. The second-order valence-corrected chi connectivity index (χ2v) is 37.3. The van der Waals surface area contributed by atoms with Crippen LogP contribution in [-0.2, 0) is 25.5 Å². The van der Waals surface area contributed by atoms with Crippen molar-refractivity contribution in [2.45, 2.75) is 141 Å². The lowest BCUT2D eigenvalue weighted by molar-refractivity contribution is -0.384. The average Bonchev–Trinajstić information content (AvgIpc) is 0.756. The molecule has 0 spiro atoms. The number of nitro groups is 3. The van der Waals surface area contributed by atoms with E-state index in [2.05, 4.69) is 154 Å². The van der Waals surface area contributed by atoms with E-state index in [1.165, 1.54) is 135 Å². The van der Waals surface area contributed by atoms with Crippen molar-refractivity contribution in [3.05, 3.63) is 188 Å². The first kappa shape index (κ1) is 114. The Labute approximate surface area is 843 Å². The van der Waals surface area contributed by atoms with Crippen molar-refractivity contribution in [1.82, 2.24) is 39.5 Å². The van der Waals surface area contributed by atoms with E-state index in [1.54, 1.807) is 64.2 Å². The van der Waals surface area contributed by atoms with Crippen molar-refractivity contribution in [3.8, 4) is 23.0 Å². The molecule has 8 aromatic rings. The van der Waals surface area contributed by atoms with Crippen LogP contribution in [0.25, 0.3) is 0 Å². The molecule has 139 heavy (non-hydrogen) atoms. The third-order valence-corrected chi connectivity index (χ3v) is 25.2. The first-order chi connectivity index (χ1) is 65.6. The summed E-state index contributed by atoms with van der Waals surface area (Å²) < 4.78 is 27.1. The van der Waals surface area contributed by atoms with E-state index >= 15 is 0 Å². The Morgan fingerprint density at radius 2 is 0.899 bits per heavy atom. The third-order valence-electron chi connectivity index (χ3n) is 23.0. The van der Waals surface area contributed by atoms with Crippen LogP contribution in [0.3, 0.4) is 0 Å². The van der Waals surface area contributed by atoms with Crippen molar-refractivity contribution in [1.29, 1.82) is 0 Å². The Kier molecular flexibility index (Phi) is 44.3. The number of nitrogens with zero attached hydrogens (tertiary/aromatic N) is 17. The summed E-state index contributed by atoms with van der Waals surface area (Å²) in [6.45, 7) is 16.7. The number of imide groups is 1. The Morgan fingerprint density at radius 1 is 0.504 bits per heavy atom. The van der Waals surface area contributed by atoms with Crippen LogP contribution in [0.15, 0.2) is 127 Å². The van der Waals surface area contributed by atoms with Crippen molar-refractivity contribution in [2.24, 2.45) is 0 Å². The van der Waals surface area contributed by atoms with Gasteiger partial charge in [0, 0.05) is 167 Å². The third kappa shape index (κ3) is 33.4. The van der Waals surface area contributed by atoms with Gasteiger partial charge in [-0.2, -0.15) is 4.90 Å². The summed E-state index contributed by atoms with van der Waals surface area (Å²) in [5.41, 5.74) is 9.41. The number of carbonyl (C=O) groups excluding carboxylic acids is 6. The first-order valence-corrected chi connectivity index (χ1v) is 47.0. The molecule has 3 saturated heterocycles. The molecule has 39 nitrogen and oxygen atoms in total. The van der Waals surface area contributed by atoms with Gasteiger partial charge in [0.05, 0.1) is 48.9 Å². The number of nitrogens with two attached hydrogens (primary N) is 1.